The van der Waals surface area contributed by atoms with Crippen LogP contribution in [0.4, 0.5) is 9.59 Å². The van der Waals surface area contributed by atoms with Crippen LogP contribution in [0.3, 0.4) is 0 Å². The van der Waals surface area contributed by atoms with Crippen molar-refractivity contribution >= 4 is 12.2 Å². The van der Waals surface area contributed by atoms with Gasteiger partial charge in [-0.1, -0.05) is 6.08 Å². The van der Waals surface area contributed by atoms with Gasteiger partial charge in [-0.15, -0.1) is 0 Å². The fourth-order valence-electron chi connectivity index (χ4n) is 2.12. The van der Waals surface area contributed by atoms with E-state index in [1.807, 2.05) is 12.2 Å². The third kappa shape index (κ3) is 5.93. The van der Waals surface area contributed by atoms with Crippen LogP contribution in [0.15, 0.2) is 12.2 Å². The van der Waals surface area contributed by atoms with Gasteiger partial charge in [-0.2, -0.15) is 0 Å². The highest BCUT2D eigenvalue weighted by Crippen LogP contribution is 2.21. The van der Waals surface area contributed by atoms with Gasteiger partial charge in [0.1, 0.15) is 6.10 Å². The molecule has 0 heterocycles. The average molecular weight is 313 g/mol. The van der Waals surface area contributed by atoms with Crippen molar-refractivity contribution in [2.45, 2.75) is 31.4 Å². The van der Waals surface area contributed by atoms with Crippen LogP contribution < -0.4 is 5.73 Å². The third-order valence-electron chi connectivity index (χ3n) is 3.59. The van der Waals surface area contributed by atoms with Crippen LogP contribution in [0.1, 0.15) is 19.3 Å². The van der Waals surface area contributed by atoms with Gasteiger partial charge in [-0.25, -0.2) is 9.59 Å². The summed E-state index contributed by atoms with van der Waals surface area (Å²) in [6.07, 6.45) is 4.86. The molecule has 0 fully saturated rings. The molecule has 1 unspecified atom stereocenters. The van der Waals surface area contributed by atoms with Gasteiger partial charge >= 0.3 is 12.2 Å². The molecule has 7 nitrogen and oxygen atoms in total. The molecule has 0 aliphatic heterocycles. The molecular weight excluding hydrogens is 286 g/mol. The SMILES string of the molecule is CN(C)C(=O)OC[C@H]1CC[C@H](OC(=O)N(C)C)/C=C\CC1N. The van der Waals surface area contributed by atoms with E-state index in [9.17, 15) is 9.59 Å². The van der Waals surface area contributed by atoms with Gasteiger partial charge in [0.05, 0.1) is 6.61 Å². The van der Waals surface area contributed by atoms with Crippen molar-refractivity contribution in [2.75, 3.05) is 34.8 Å². The van der Waals surface area contributed by atoms with Gasteiger partial charge in [-0.3, -0.25) is 0 Å². The van der Waals surface area contributed by atoms with Crippen LogP contribution in [0, 0.1) is 5.92 Å². The molecular formula is C15H27N3O4. The highest BCUT2D eigenvalue weighted by molar-refractivity contribution is 5.67. The van der Waals surface area contributed by atoms with E-state index in [-0.39, 0.29) is 36.9 Å². The number of ether oxygens (including phenoxy) is 2. The summed E-state index contributed by atoms with van der Waals surface area (Å²) >= 11 is 0. The number of amides is 2. The van der Waals surface area contributed by atoms with Crippen molar-refractivity contribution in [2.24, 2.45) is 11.7 Å². The Hall–Kier alpha value is -1.76. The maximum absolute atomic E-state index is 11.6. The molecule has 0 saturated carbocycles. The summed E-state index contributed by atoms with van der Waals surface area (Å²) in [5, 5.41) is 0. The van der Waals surface area contributed by atoms with Gasteiger partial charge in [0.2, 0.25) is 0 Å². The van der Waals surface area contributed by atoms with Crippen molar-refractivity contribution in [3.05, 3.63) is 12.2 Å². The second-order valence-corrected chi connectivity index (χ2v) is 5.95. The van der Waals surface area contributed by atoms with Gasteiger partial charge < -0.3 is 25.0 Å². The molecule has 22 heavy (non-hydrogen) atoms. The number of carbonyl (C=O) groups is 2. The summed E-state index contributed by atoms with van der Waals surface area (Å²) < 4.78 is 10.6. The molecule has 0 saturated heterocycles. The first-order valence-corrected chi connectivity index (χ1v) is 7.45. The Morgan fingerprint density at radius 2 is 1.77 bits per heavy atom. The number of rotatable bonds is 3. The van der Waals surface area contributed by atoms with Crippen LogP contribution in [-0.2, 0) is 9.47 Å². The highest BCUT2D eigenvalue weighted by Gasteiger charge is 2.24. The number of carbonyl (C=O) groups excluding carboxylic acids is 2. The minimum Gasteiger partial charge on any atom is -0.449 e. The molecule has 1 aliphatic rings. The predicted molar refractivity (Wildman–Crippen MR) is 83.4 cm³/mol. The van der Waals surface area contributed by atoms with Gasteiger partial charge in [0, 0.05) is 40.2 Å². The number of hydrogen-bond donors (Lipinski definition) is 1. The molecule has 1 rings (SSSR count). The molecule has 2 amide bonds. The molecule has 0 aromatic heterocycles. The average Bonchev–Trinajstić information content (AvgIpc) is 2.43. The lowest BCUT2D eigenvalue weighted by Gasteiger charge is -2.27. The van der Waals surface area contributed by atoms with E-state index in [4.69, 9.17) is 15.2 Å². The summed E-state index contributed by atoms with van der Waals surface area (Å²) in [6.45, 7) is 0.278. The van der Waals surface area contributed by atoms with Crippen LogP contribution in [0.5, 0.6) is 0 Å². The third-order valence-corrected chi connectivity index (χ3v) is 3.59. The molecule has 126 valence electrons. The van der Waals surface area contributed by atoms with Gasteiger partial charge in [0.25, 0.3) is 0 Å². The van der Waals surface area contributed by atoms with E-state index in [0.717, 1.165) is 6.42 Å². The van der Waals surface area contributed by atoms with Crippen LogP contribution in [0.25, 0.3) is 0 Å². The van der Waals surface area contributed by atoms with Crippen LogP contribution in [-0.4, -0.2) is 68.9 Å². The Kier molecular flexibility index (Phi) is 7.17. The molecule has 1 aliphatic carbocycles. The predicted octanol–water partition coefficient (Wildman–Crippen LogP) is 1.44. The van der Waals surface area contributed by atoms with E-state index in [1.54, 1.807) is 28.2 Å². The topological polar surface area (TPSA) is 85.1 Å². The first-order valence-electron chi connectivity index (χ1n) is 7.45. The molecule has 0 bridgehead atoms. The van der Waals surface area contributed by atoms with E-state index in [1.165, 1.54) is 9.80 Å². The normalized spacial score (nSPS) is 26.3. The number of hydrogen-bond acceptors (Lipinski definition) is 5. The van der Waals surface area contributed by atoms with Crippen molar-refractivity contribution < 1.29 is 19.1 Å². The van der Waals surface area contributed by atoms with Crippen LogP contribution >= 0.6 is 0 Å². The Morgan fingerprint density at radius 1 is 1.14 bits per heavy atom. The van der Waals surface area contributed by atoms with E-state index in [2.05, 4.69) is 0 Å². The monoisotopic (exact) mass is 313 g/mol. The quantitative estimate of drug-likeness (QED) is 0.797. The van der Waals surface area contributed by atoms with Crippen molar-refractivity contribution in [1.29, 1.82) is 0 Å². The Labute approximate surface area is 132 Å². The second-order valence-electron chi connectivity index (χ2n) is 5.95. The zero-order chi connectivity index (χ0) is 16.7. The van der Waals surface area contributed by atoms with Crippen molar-refractivity contribution in [1.82, 2.24) is 9.80 Å². The summed E-state index contributed by atoms with van der Waals surface area (Å²) in [5.41, 5.74) is 6.13. The van der Waals surface area contributed by atoms with E-state index in [0.29, 0.717) is 12.8 Å². The molecule has 0 aromatic carbocycles. The summed E-state index contributed by atoms with van der Waals surface area (Å²) in [6, 6.07) is -0.0725. The fourth-order valence-corrected chi connectivity index (χ4v) is 2.12. The standard InChI is InChI=1S/C15H27N3O4/c1-17(2)14(19)21-10-11-8-9-12(6-5-7-13(11)16)22-15(20)18(3)4/h5-6,11-13H,7-10,16H2,1-4H3/b6-5-/t11-,12-,13?/m1/s1. The van der Waals surface area contributed by atoms with Crippen molar-refractivity contribution in [3.63, 3.8) is 0 Å². The molecule has 3 atom stereocenters. The van der Waals surface area contributed by atoms with Crippen LogP contribution in [0.2, 0.25) is 0 Å². The van der Waals surface area contributed by atoms with E-state index >= 15 is 0 Å². The van der Waals surface area contributed by atoms with Gasteiger partial charge in [0.15, 0.2) is 0 Å². The maximum atomic E-state index is 11.6. The number of nitrogens with two attached hydrogens (primary N) is 1. The highest BCUT2D eigenvalue weighted by atomic mass is 16.6. The molecule has 0 spiro atoms. The molecule has 7 heteroatoms. The number of nitrogens with zero attached hydrogens (tertiary/aromatic N) is 2. The zero-order valence-corrected chi connectivity index (χ0v) is 13.8. The zero-order valence-electron chi connectivity index (χ0n) is 13.8. The Bertz CT molecular complexity index is 410. The molecule has 0 radical (unpaired) electrons. The van der Waals surface area contributed by atoms with Crippen molar-refractivity contribution in [3.8, 4) is 0 Å². The summed E-state index contributed by atoms with van der Waals surface area (Å²) in [4.78, 5) is 25.9. The smallest absolute Gasteiger partial charge is 0.409 e. The Morgan fingerprint density at radius 3 is 2.36 bits per heavy atom. The molecule has 2 N–H and O–H groups in total. The first kappa shape index (κ1) is 18.3. The maximum Gasteiger partial charge on any atom is 0.409 e. The second kappa shape index (κ2) is 8.63. The lowest BCUT2D eigenvalue weighted by Crippen LogP contribution is -2.37. The first-order chi connectivity index (χ1) is 10.3. The lowest BCUT2D eigenvalue weighted by molar-refractivity contribution is 0.0736. The minimum atomic E-state index is -0.375. The molecule has 0 aromatic rings. The Balaban J connectivity index is 2.55. The lowest BCUT2D eigenvalue weighted by atomic mass is 9.90. The fraction of sp³-hybridized carbons (Fsp3) is 0.733. The minimum absolute atomic E-state index is 0.0504. The van der Waals surface area contributed by atoms with E-state index < -0.39 is 0 Å². The largest absolute Gasteiger partial charge is 0.449 e. The summed E-state index contributed by atoms with van der Waals surface area (Å²) in [5.74, 6) is 0.0504. The summed E-state index contributed by atoms with van der Waals surface area (Å²) in [7, 11) is 6.57. The van der Waals surface area contributed by atoms with Gasteiger partial charge in [-0.05, 0) is 25.3 Å².